The first kappa shape index (κ1) is 16.7. The van der Waals surface area contributed by atoms with Crippen LogP contribution in [-0.4, -0.2) is 57.8 Å². The average Bonchev–Trinajstić information content (AvgIpc) is 2.62. The molecule has 1 aliphatic heterocycles. The quantitative estimate of drug-likeness (QED) is 0.767. The molecule has 0 aliphatic carbocycles. The summed E-state index contributed by atoms with van der Waals surface area (Å²) in [5, 5.41) is 0.692. The first-order valence-electron chi connectivity index (χ1n) is 7.36. The highest BCUT2D eigenvalue weighted by Gasteiger charge is 2.25. The summed E-state index contributed by atoms with van der Waals surface area (Å²) in [6, 6.07) is 6.47. The van der Waals surface area contributed by atoms with Crippen LogP contribution in [0.15, 0.2) is 36.7 Å². The van der Waals surface area contributed by atoms with E-state index < -0.39 is 0 Å². The molecule has 0 atom stereocenters. The highest BCUT2D eigenvalue weighted by molar-refractivity contribution is 6.29. The second-order valence-corrected chi connectivity index (χ2v) is 6.10. The first-order valence-corrected chi connectivity index (χ1v) is 8.12. The summed E-state index contributed by atoms with van der Waals surface area (Å²) in [6.45, 7) is 1.87. The van der Waals surface area contributed by atoms with Gasteiger partial charge in [-0.15, -0.1) is 0 Å². The fraction of sp³-hybridized carbons (Fsp3) is 0.250. The van der Waals surface area contributed by atoms with Crippen LogP contribution in [0.25, 0.3) is 0 Å². The van der Waals surface area contributed by atoms with Gasteiger partial charge < -0.3 is 9.80 Å². The highest BCUT2D eigenvalue weighted by atomic mass is 35.5. The number of halogens is 2. The van der Waals surface area contributed by atoms with Gasteiger partial charge in [-0.1, -0.05) is 23.2 Å². The van der Waals surface area contributed by atoms with Crippen LogP contribution in [0.1, 0.15) is 20.7 Å². The molecule has 1 saturated heterocycles. The Morgan fingerprint density at radius 2 is 1.12 bits per heavy atom. The van der Waals surface area contributed by atoms with Crippen molar-refractivity contribution >= 4 is 35.0 Å². The van der Waals surface area contributed by atoms with Crippen molar-refractivity contribution in [1.82, 2.24) is 19.8 Å². The van der Waals surface area contributed by atoms with E-state index in [1.165, 1.54) is 12.4 Å². The molecule has 2 aromatic heterocycles. The van der Waals surface area contributed by atoms with E-state index in [-0.39, 0.29) is 11.8 Å². The summed E-state index contributed by atoms with van der Waals surface area (Å²) in [5.41, 5.74) is 0.974. The lowest BCUT2D eigenvalue weighted by Gasteiger charge is -2.34. The smallest absolute Gasteiger partial charge is 0.255 e. The number of nitrogens with zero attached hydrogens (tertiary/aromatic N) is 4. The third kappa shape index (κ3) is 3.66. The second-order valence-electron chi connectivity index (χ2n) is 5.32. The number of piperazine rings is 1. The molecule has 0 aromatic carbocycles. The zero-order valence-electron chi connectivity index (χ0n) is 12.7. The van der Waals surface area contributed by atoms with E-state index >= 15 is 0 Å². The number of amides is 2. The van der Waals surface area contributed by atoms with Crippen molar-refractivity contribution in [2.24, 2.45) is 0 Å². The zero-order valence-corrected chi connectivity index (χ0v) is 14.2. The Hall–Kier alpha value is -2.18. The molecule has 6 nitrogen and oxygen atoms in total. The van der Waals surface area contributed by atoms with Gasteiger partial charge in [0.25, 0.3) is 11.8 Å². The van der Waals surface area contributed by atoms with Gasteiger partial charge in [-0.3, -0.25) is 9.59 Å². The molecule has 0 N–H and O–H groups in total. The predicted octanol–water partition coefficient (Wildman–Crippen LogP) is 2.38. The van der Waals surface area contributed by atoms with E-state index in [4.69, 9.17) is 23.2 Å². The van der Waals surface area contributed by atoms with Gasteiger partial charge in [-0.05, 0) is 24.3 Å². The number of carbonyl (C=O) groups excluding carboxylic acids is 2. The van der Waals surface area contributed by atoms with E-state index in [0.717, 1.165) is 0 Å². The summed E-state index contributed by atoms with van der Waals surface area (Å²) in [7, 11) is 0. The number of hydrogen-bond acceptors (Lipinski definition) is 4. The van der Waals surface area contributed by atoms with Crippen LogP contribution in [-0.2, 0) is 0 Å². The van der Waals surface area contributed by atoms with Crippen LogP contribution in [0, 0.1) is 0 Å². The molecule has 124 valence electrons. The topological polar surface area (TPSA) is 66.4 Å². The Morgan fingerprint density at radius 1 is 0.750 bits per heavy atom. The van der Waals surface area contributed by atoms with Gasteiger partial charge in [-0.2, -0.15) is 0 Å². The molecule has 2 amide bonds. The van der Waals surface area contributed by atoms with Crippen molar-refractivity contribution < 1.29 is 9.59 Å². The monoisotopic (exact) mass is 364 g/mol. The van der Waals surface area contributed by atoms with Crippen LogP contribution < -0.4 is 0 Å². The Labute approximate surface area is 149 Å². The normalized spacial score (nSPS) is 14.6. The highest BCUT2D eigenvalue weighted by Crippen LogP contribution is 2.13. The number of pyridine rings is 2. The minimum atomic E-state index is -0.112. The maximum atomic E-state index is 12.4. The average molecular weight is 365 g/mol. The number of carbonyl (C=O) groups is 2. The molecule has 3 rings (SSSR count). The molecular formula is C16H14Cl2N4O2. The molecule has 0 spiro atoms. The van der Waals surface area contributed by atoms with Gasteiger partial charge in [0, 0.05) is 38.6 Å². The van der Waals surface area contributed by atoms with E-state index in [9.17, 15) is 9.59 Å². The molecule has 0 radical (unpaired) electrons. The fourth-order valence-corrected chi connectivity index (χ4v) is 2.71. The van der Waals surface area contributed by atoms with Crippen LogP contribution >= 0.6 is 23.2 Å². The van der Waals surface area contributed by atoms with Crippen LogP contribution in [0.5, 0.6) is 0 Å². The van der Waals surface area contributed by atoms with Gasteiger partial charge in [0.05, 0.1) is 11.1 Å². The molecule has 3 heterocycles. The summed E-state index contributed by atoms with van der Waals surface area (Å²) in [6.07, 6.45) is 2.92. The minimum Gasteiger partial charge on any atom is -0.335 e. The van der Waals surface area contributed by atoms with Crippen LogP contribution in [0.2, 0.25) is 10.3 Å². The van der Waals surface area contributed by atoms with Crippen LogP contribution in [0.4, 0.5) is 0 Å². The largest absolute Gasteiger partial charge is 0.335 e. The van der Waals surface area contributed by atoms with Crippen molar-refractivity contribution in [3.8, 4) is 0 Å². The summed E-state index contributed by atoms with van der Waals surface area (Å²) in [4.78, 5) is 36.1. The van der Waals surface area contributed by atoms with Crippen molar-refractivity contribution in [1.29, 1.82) is 0 Å². The lowest BCUT2D eigenvalue weighted by Crippen LogP contribution is -2.50. The maximum absolute atomic E-state index is 12.4. The van der Waals surface area contributed by atoms with Crippen molar-refractivity contribution in [2.45, 2.75) is 0 Å². The number of aromatic nitrogens is 2. The van der Waals surface area contributed by atoms with Crippen molar-refractivity contribution in [3.63, 3.8) is 0 Å². The Balaban J connectivity index is 1.61. The minimum absolute atomic E-state index is 0.112. The molecule has 1 aliphatic rings. The fourth-order valence-electron chi connectivity index (χ4n) is 2.48. The second kappa shape index (κ2) is 7.15. The van der Waals surface area contributed by atoms with Gasteiger partial charge in [0.2, 0.25) is 0 Å². The molecule has 1 fully saturated rings. The number of rotatable bonds is 2. The lowest BCUT2D eigenvalue weighted by molar-refractivity contribution is 0.0535. The van der Waals surface area contributed by atoms with E-state index in [2.05, 4.69) is 9.97 Å². The van der Waals surface area contributed by atoms with Crippen molar-refractivity contribution in [2.75, 3.05) is 26.2 Å². The summed E-state index contributed by atoms with van der Waals surface area (Å²) >= 11 is 11.5. The standard InChI is InChI=1S/C16H14Cl2N4O2/c17-13-3-1-11(9-19-13)15(23)21-5-7-22(8-6-21)16(24)12-2-4-14(18)20-10-12/h1-4,9-10H,5-8H2. The van der Waals surface area contributed by atoms with Gasteiger partial charge in [-0.25, -0.2) is 9.97 Å². The third-order valence-corrected chi connectivity index (χ3v) is 4.25. The van der Waals surface area contributed by atoms with E-state index in [1.807, 2.05) is 0 Å². The third-order valence-electron chi connectivity index (χ3n) is 3.80. The summed E-state index contributed by atoms with van der Waals surface area (Å²) in [5.74, 6) is -0.223. The molecule has 0 bridgehead atoms. The van der Waals surface area contributed by atoms with Crippen molar-refractivity contribution in [3.05, 3.63) is 58.1 Å². The van der Waals surface area contributed by atoms with Gasteiger partial charge in [0.15, 0.2) is 0 Å². The van der Waals surface area contributed by atoms with E-state index in [1.54, 1.807) is 34.1 Å². The van der Waals surface area contributed by atoms with E-state index in [0.29, 0.717) is 47.6 Å². The molecule has 0 unspecified atom stereocenters. The molecule has 24 heavy (non-hydrogen) atoms. The molecule has 2 aromatic rings. The molecular weight excluding hydrogens is 351 g/mol. The van der Waals surface area contributed by atoms with Gasteiger partial charge in [0.1, 0.15) is 10.3 Å². The predicted molar refractivity (Wildman–Crippen MR) is 90.3 cm³/mol. The molecule has 0 saturated carbocycles. The Morgan fingerprint density at radius 3 is 1.42 bits per heavy atom. The lowest BCUT2D eigenvalue weighted by atomic mass is 10.2. The Kier molecular flexibility index (Phi) is 4.97. The summed E-state index contributed by atoms with van der Waals surface area (Å²) < 4.78 is 0. The number of hydrogen-bond donors (Lipinski definition) is 0. The zero-order chi connectivity index (χ0) is 17.1. The van der Waals surface area contributed by atoms with Crippen LogP contribution in [0.3, 0.4) is 0 Å². The SMILES string of the molecule is O=C(c1ccc(Cl)nc1)N1CCN(C(=O)c2ccc(Cl)nc2)CC1. The molecule has 8 heteroatoms. The first-order chi connectivity index (χ1) is 11.5. The van der Waals surface area contributed by atoms with Gasteiger partial charge >= 0.3 is 0 Å². The maximum Gasteiger partial charge on any atom is 0.255 e. The Bertz CT molecular complexity index is 676.